The van der Waals surface area contributed by atoms with E-state index in [-0.39, 0.29) is 12.3 Å². The molecule has 0 spiro atoms. The average molecular weight is 769 g/mol. The van der Waals surface area contributed by atoms with Crippen molar-refractivity contribution in [3.63, 3.8) is 0 Å². The Labute approximate surface area is 337 Å². The third kappa shape index (κ3) is 5.40. The first-order valence-electron chi connectivity index (χ1n) is 19.7. The second kappa shape index (κ2) is 13.1. The Balaban J connectivity index is 0.955. The van der Waals surface area contributed by atoms with Crippen molar-refractivity contribution in [1.29, 1.82) is 0 Å². The van der Waals surface area contributed by atoms with Gasteiger partial charge in [0, 0.05) is 62.4 Å². The highest BCUT2D eigenvalue weighted by molar-refractivity contribution is 7.26. The molecule has 2 aliphatic rings. The van der Waals surface area contributed by atoms with Crippen molar-refractivity contribution in [1.82, 2.24) is 15.2 Å². The lowest BCUT2D eigenvalue weighted by Gasteiger charge is -2.33. The zero-order chi connectivity index (χ0) is 37.5. The number of fused-ring (bicyclic) bond motifs is 9. The molecule has 0 radical (unpaired) electrons. The maximum atomic E-state index is 5.25. The fourth-order valence-electron chi connectivity index (χ4n) is 9.01. The van der Waals surface area contributed by atoms with Crippen molar-refractivity contribution in [3.05, 3.63) is 187 Å². The van der Waals surface area contributed by atoms with Crippen molar-refractivity contribution in [2.45, 2.75) is 25.2 Å². The summed E-state index contributed by atoms with van der Waals surface area (Å²) in [6, 6.07) is 55.7. The van der Waals surface area contributed by atoms with Crippen LogP contribution in [-0.2, 0) is 0 Å². The number of amidine groups is 1. The zero-order valence-corrected chi connectivity index (χ0v) is 32.6. The van der Waals surface area contributed by atoms with Gasteiger partial charge in [-0.1, -0.05) is 121 Å². The molecule has 2 unspecified atom stereocenters. The molecule has 4 heterocycles. The zero-order valence-electron chi connectivity index (χ0n) is 30.9. The molecule has 2 atom stereocenters. The van der Waals surface area contributed by atoms with Gasteiger partial charge in [-0.15, -0.1) is 22.7 Å². The molecule has 1 aliphatic heterocycles. The van der Waals surface area contributed by atoms with E-state index in [1.54, 1.807) is 0 Å². The van der Waals surface area contributed by atoms with Gasteiger partial charge in [0.25, 0.3) is 0 Å². The second-order valence-corrected chi connectivity index (χ2v) is 17.2. The SMILES string of the molecule is C1=CCCC(C2NC(c3ccc4c(c3)sc3c(-c5ccc6sc7ccc(-n8c9ccccc9c9ccccc98)cc7c6c5)cccc34)=NC(c3ccccc3)N2)=C1. The Morgan fingerprint density at radius 3 is 2.12 bits per heavy atom. The van der Waals surface area contributed by atoms with Crippen LogP contribution < -0.4 is 10.6 Å². The highest BCUT2D eigenvalue weighted by atomic mass is 32.1. The molecule has 0 amide bonds. The van der Waals surface area contributed by atoms with E-state index in [9.17, 15) is 0 Å². The van der Waals surface area contributed by atoms with Crippen LogP contribution in [0.1, 0.15) is 30.1 Å². The van der Waals surface area contributed by atoms with E-state index in [1.807, 2.05) is 22.7 Å². The fourth-order valence-corrected chi connectivity index (χ4v) is 11.4. The van der Waals surface area contributed by atoms with Crippen molar-refractivity contribution >= 4 is 90.7 Å². The standard InChI is InChI=1S/C51H36N4S2/c1-3-12-31(13-4-1)49-52-50(32-14-5-2-6-15-32)54-51(53-49)34-22-25-39-40-19-11-18-36(48(40)57-47(39)29-34)33-23-26-45-41(28-33)42-30-35(24-27-46(42)56-45)55-43-20-9-7-16-37(43)38-17-8-10-21-44(38)55/h1-5,7-14,16-30,49-50,52H,6,15H2,(H,53,54). The molecule has 57 heavy (non-hydrogen) atoms. The third-order valence-electron chi connectivity index (χ3n) is 11.8. The maximum Gasteiger partial charge on any atom is 0.131 e. The lowest BCUT2D eigenvalue weighted by Crippen LogP contribution is -2.52. The van der Waals surface area contributed by atoms with Crippen LogP contribution in [0.4, 0.5) is 0 Å². The highest BCUT2D eigenvalue weighted by Crippen LogP contribution is 2.43. The van der Waals surface area contributed by atoms with E-state index < -0.39 is 0 Å². The van der Waals surface area contributed by atoms with E-state index >= 15 is 0 Å². The topological polar surface area (TPSA) is 41.4 Å². The number of nitrogens with one attached hydrogen (secondary N) is 2. The van der Waals surface area contributed by atoms with Gasteiger partial charge in [0.2, 0.25) is 0 Å². The minimum Gasteiger partial charge on any atom is -0.351 e. The molecule has 0 saturated carbocycles. The van der Waals surface area contributed by atoms with E-state index in [1.165, 1.54) is 90.1 Å². The van der Waals surface area contributed by atoms with E-state index in [2.05, 4.69) is 185 Å². The predicted molar refractivity (Wildman–Crippen MR) is 244 cm³/mol. The maximum absolute atomic E-state index is 5.25. The van der Waals surface area contributed by atoms with Gasteiger partial charge in [0.1, 0.15) is 18.2 Å². The molecule has 1 aliphatic carbocycles. The lowest BCUT2D eigenvalue weighted by molar-refractivity contribution is 0.429. The largest absolute Gasteiger partial charge is 0.351 e. The first kappa shape index (κ1) is 32.9. The number of nitrogens with zero attached hydrogens (tertiary/aromatic N) is 2. The number of hydrogen-bond donors (Lipinski definition) is 2. The van der Waals surface area contributed by atoms with E-state index in [0.717, 1.165) is 24.2 Å². The summed E-state index contributed by atoms with van der Waals surface area (Å²) in [5, 5.41) is 15.3. The molecule has 2 N–H and O–H groups in total. The fraction of sp³-hybridized carbons (Fsp3) is 0.0784. The molecular formula is C51H36N4S2. The number of thiophene rings is 2. The van der Waals surface area contributed by atoms with E-state index in [4.69, 9.17) is 4.99 Å². The van der Waals surface area contributed by atoms with Crippen LogP contribution >= 0.6 is 22.7 Å². The Morgan fingerprint density at radius 1 is 0.579 bits per heavy atom. The second-order valence-electron chi connectivity index (χ2n) is 15.1. The van der Waals surface area contributed by atoms with Gasteiger partial charge < -0.3 is 9.88 Å². The number of benzene rings is 7. The molecule has 12 rings (SSSR count). The average Bonchev–Trinajstić information content (AvgIpc) is 3.95. The quantitative estimate of drug-likeness (QED) is 0.183. The van der Waals surface area contributed by atoms with Gasteiger partial charge in [0.15, 0.2) is 0 Å². The van der Waals surface area contributed by atoms with Crippen molar-refractivity contribution in [2.75, 3.05) is 0 Å². The predicted octanol–water partition coefficient (Wildman–Crippen LogP) is 13.4. The summed E-state index contributed by atoms with van der Waals surface area (Å²) >= 11 is 3.76. The van der Waals surface area contributed by atoms with Crippen LogP contribution in [0.5, 0.6) is 0 Å². The van der Waals surface area contributed by atoms with Gasteiger partial charge in [0.05, 0.1) is 11.0 Å². The molecule has 4 nitrogen and oxygen atoms in total. The lowest BCUT2D eigenvalue weighted by atomic mass is 9.99. The summed E-state index contributed by atoms with van der Waals surface area (Å²) in [5.41, 5.74) is 9.81. The molecule has 7 aromatic carbocycles. The number of rotatable bonds is 5. The Morgan fingerprint density at radius 2 is 1.32 bits per heavy atom. The van der Waals surface area contributed by atoms with Crippen LogP contribution in [0.2, 0.25) is 0 Å². The number of aromatic nitrogens is 1. The Bertz CT molecular complexity index is 3270. The minimum absolute atomic E-state index is 0.0125. The van der Waals surface area contributed by atoms with Gasteiger partial charge in [-0.2, -0.15) is 0 Å². The molecule has 6 heteroatoms. The Hall–Kier alpha value is -6.31. The van der Waals surface area contributed by atoms with Gasteiger partial charge in [-0.25, -0.2) is 4.99 Å². The van der Waals surface area contributed by atoms with Gasteiger partial charge >= 0.3 is 0 Å². The number of aliphatic imine (C=N–C) groups is 1. The summed E-state index contributed by atoms with van der Waals surface area (Å²) in [5.74, 6) is 0.928. The summed E-state index contributed by atoms with van der Waals surface area (Å²) < 4.78 is 7.61. The van der Waals surface area contributed by atoms with Crippen molar-refractivity contribution in [2.24, 2.45) is 4.99 Å². The molecule has 272 valence electrons. The summed E-state index contributed by atoms with van der Waals surface area (Å²) in [4.78, 5) is 5.25. The highest BCUT2D eigenvalue weighted by Gasteiger charge is 2.27. The van der Waals surface area contributed by atoms with Gasteiger partial charge in [-0.05, 0) is 83.6 Å². The van der Waals surface area contributed by atoms with E-state index in [0.29, 0.717) is 0 Å². The molecule has 10 aromatic rings. The van der Waals surface area contributed by atoms with Gasteiger partial charge in [-0.3, -0.25) is 5.32 Å². The normalized spacial score (nSPS) is 17.2. The first-order chi connectivity index (χ1) is 28.2. The molecule has 0 fully saturated rings. The minimum atomic E-state index is -0.134. The summed E-state index contributed by atoms with van der Waals surface area (Å²) in [6.07, 6.45) is 8.63. The number of allylic oxidation sites excluding steroid dienone is 3. The number of hydrogen-bond acceptors (Lipinski definition) is 5. The van der Waals surface area contributed by atoms with Crippen LogP contribution in [0, 0.1) is 0 Å². The summed E-state index contributed by atoms with van der Waals surface area (Å²) in [7, 11) is 0. The molecule has 0 bridgehead atoms. The third-order valence-corrected chi connectivity index (χ3v) is 14.1. The molecule has 3 aromatic heterocycles. The number of para-hydroxylation sites is 2. The molecular weight excluding hydrogens is 733 g/mol. The smallest absolute Gasteiger partial charge is 0.131 e. The summed E-state index contributed by atoms with van der Waals surface area (Å²) in [6.45, 7) is 0. The van der Waals surface area contributed by atoms with Crippen LogP contribution in [0.15, 0.2) is 180 Å². The van der Waals surface area contributed by atoms with Crippen molar-refractivity contribution in [3.8, 4) is 16.8 Å². The molecule has 0 saturated heterocycles. The first-order valence-corrected chi connectivity index (χ1v) is 21.3. The monoisotopic (exact) mass is 768 g/mol. The van der Waals surface area contributed by atoms with Crippen LogP contribution in [0.25, 0.3) is 79.0 Å². The Kier molecular flexibility index (Phi) is 7.58. The van der Waals surface area contributed by atoms with Crippen LogP contribution in [-0.4, -0.2) is 16.6 Å². The van der Waals surface area contributed by atoms with Crippen LogP contribution in [0.3, 0.4) is 0 Å². The van der Waals surface area contributed by atoms with Crippen molar-refractivity contribution < 1.29 is 0 Å².